The molecule has 1 aliphatic rings. The maximum Gasteiger partial charge on any atom is 0.170 e. The summed E-state index contributed by atoms with van der Waals surface area (Å²) < 4.78 is 0. The Labute approximate surface area is 125 Å². The van der Waals surface area contributed by atoms with Gasteiger partial charge in [-0.1, -0.05) is 48.5 Å². The number of rotatable bonds is 3. The van der Waals surface area contributed by atoms with Crippen molar-refractivity contribution in [3.05, 3.63) is 76.9 Å². The molecule has 2 heteroatoms. The van der Waals surface area contributed by atoms with Crippen molar-refractivity contribution in [3.63, 3.8) is 0 Å². The van der Waals surface area contributed by atoms with Crippen LogP contribution < -0.4 is 5.32 Å². The summed E-state index contributed by atoms with van der Waals surface area (Å²) in [7, 11) is 1.80. The van der Waals surface area contributed by atoms with E-state index < -0.39 is 0 Å². The molecule has 0 saturated carbocycles. The van der Waals surface area contributed by atoms with Gasteiger partial charge in [-0.05, 0) is 53.8 Å². The maximum absolute atomic E-state index is 12.1. The van der Waals surface area contributed by atoms with Gasteiger partial charge in [0, 0.05) is 0 Å². The molecule has 0 saturated heterocycles. The second kappa shape index (κ2) is 6.06. The fraction of sp³-hybridized carbons (Fsp3) is 0.211. The third-order valence-corrected chi connectivity index (χ3v) is 3.94. The van der Waals surface area contributed by atoms with Gasteiger partial charge in [-0.2, -0.15) is 0 Å². The smallest absolute Gasteiger partial charge is 0.170 e. The number of carbonyl (C=O) groups is 1. The van der Waals surface area contributed by atoms with Crippen molar-refractivity contribution in [3.8, 4) is 0 Å². The first-order valence-corrected chi connectivity index (χ1v) is 7.35. The molecule has 2 nitrogen and oxygen atoms in total. The Bertz CT molecular complexity index is 651. The molecule has 0 heterocycles. The van der Waals surface area contributed by atoms with E-state index in [0.29, 0.717) is 6.54 Å². The van der Waals surface area contributed by atoms with Crippen LogP contribution in [0.1, 0.15) is 22.3 Å². The number of fused-ring (bicyclic) bond motifs is 2. The van der Waals surface area contributed by atoms with Crippen LogP contribution in [0.3, 0.4) is 0 Å². The standard InChI is InChI=1S/C19H19NO/c1-20-13-16(21)12-19-17-8-4-2-6-14(17)10-11-15-7-3-5-9-18(15)19/h2-9,12,20H,10-11,13H2,1H3. The lowest BCUT2D eigenvalue weighted by Gasteiger charge is -2.11. The van der Waals surface area contributed by atoms with Crippen LogP contribution in [0.15, 0.2) is 54.6 Å². The summed E-state index contributed by atoms with van der Waals surface area (Å²) >= 11 is 0. The Balaban J connectivity index is 2.18. The van der Waals surface area contributed by atoms with Crippen molar-refractivity contribution in [2.75, 3.05) is 13.6 Å². The van der Waals surface area contributed by atoms with E-state index in [1.165, 1.54) is 22.3 Å². The Morgan fingerprint density at radius 2 is 1.52 bits per heavy atom. The van der Waals surface area contributed by atoms with Crippen molar-refractivity contribution >= 4 is 11.4 Å². The zero-order chi connectivity index (χ0) is 14.7. The van der Waals surface area contributed by atoms with Gasteiger partial charge in [-0.3, -0.25) is 4.79 Å². The highest BCUT2D eigenvalue weighted by Crippen LogP contribution is 2.33. The third kappa shape index (κ3) is 2.81. The van der Waals surface area contributed by atoms with Crippen molar-refractivity contribution in [2.24, 2.45) is 0 Å². The van der Waals surface area contributed by atoms with Crippen LogP contribution in [0.5, 0.6) is 0 Å². The predicted molar refractivity (Wildman–Crippen MR) is 86.3 cm³/mol. The summed E-state index contributed by atoms with van der Waals surface area (Å²) in [6.07, 6.45) is 3.83. The van der Waals surface area contributed by atoms with E-state index in [4.69, 9.17) is 0 Å². The van der Waals surface area contributed by atoms with Crippen LogP contribution >= 0.6 is 0 Å². The summed E-state index contributed by atoms with van der Waals surface area (Å²) in [6, 6.07) is 16.8. The highest BCUT2D eigenvalue weighted by Gasteiger charge is 2.18. The second-order valence-electron chi connectivity index (χ2n) is 5.37. The molecule has 21 heavy (non-hydrogen) atoms. The van der Waals surface area contributed by atoms with Crippen LogP contribution in [0.4, 0.5) is 0 Å². The summed E-state index contributed by atoms with van der Waals surface area (Å²) in [5.41, 5.74) is 6.06. The van der Waals surface area contributed by atoms with Crippen LogP contribution in [0, 0.1) is 0 Å². The SMILES string of the molecule is CNCC(=O)C=C1c2ccccc2CCc2ccccc21. The van der Waals surface area contributed by atoms with Gasteiger partial charge in [-0.15, -0.1) is 0 Å². The molecule has 106 valence electrons. The van der Waals surface area contributed by atoms with E-state index >= 15 is 0 Å². The van der Waals surface area contributed by atoms with Crippen LogP contribution in [0.25, 0.3) is 5.57 Å². The zero-order valence-corrected chi connectivity index (χ0v) is 12.2. The molecule has 0 radical (unpaired) electrons. The molecule has 0 amide bonds. The van der Waals surface area contributed by atoms with Gasteiger partial charge in [-0.25, -0.2) is 0 Å². The summed E-state index contributed by atoms with van der Waals surface area (Å²) in [4.78, 5) is 12.1. The molecule has 1 N–H and O–H groups in total. The number of nitrogens with one attached hydrogen (secondary N) is 1. The Morgan fingerprint density at radius 3 is 2.05 bits per heavy atom. The molecule has 2 aromatic rings. The average Bonchev–Trinajstić information content (AvgIpc) is 2.66. The number of aryl methyl sites for hydroxylation is 2. The van der Waals surface area contributed by atoms with E-state index in [1.54, 1.807) is 13.1 Å². The fourth-order valence-electron chi connectivity index (χ4n) is 2.96. The molecule has 1 aliphatic carbocycles. The second-order valence-corrected chi connectivity index (χ2v) is 5.37. The molecule has 0 aromatic heterocycles. The lowest BCUT2D eigenvalue weighted by atomic mass is 9.93. The Kier molecular flexibility index (Phi) is 3.98. The number of hydrogen-bond acceptors (Lipinski definition) is 2. The first-order chi connectivity index (χ1) is 10.3. The molecule has 0 unspecified atom stereocenters. The number of hydrogen-bond donors (Lipinski definition) is 1. The molecule has 2 aromatic carbocycles. The molecule has 0 aliphatic heterocycles. The van der Waals surface area contributed by atoms with E-state index in [2.05, 4.69) is 41.7 Å². The monoisotopic (exact) mass is 277 g/mol. The normalized spacial score (nSPS) is 13.1. The van der Waals surface area contributed by atoms with Crippen molar-refractivity contribution in [1.82, 2.24) is 5.32 Å². The molecule has 0 spiro atoms. The zero-order valence-electron chi connectivity index (χ0n) is 12.2. The number of benzene rings is 2. The summed E-state index contributed by atoms with van der Waals surface area (Å²) in [6.45, 7) is 0.369. The molecule has 3 rings (SSSR count). The van der Waals surface area contributed by atoms with Crippen LogP contribution in [0.2, 0.25) is 0 Å². The van der Waals surface area contributed by atoms with E-state index in [0.717, 1.165) is 18.4 Å². The lowest BCUT2D eigenvalue weighted by Crippen LogP contribution is -2.16. The highest BCUT2D eigenvalue weighted by molar-refractivity contribution is 6.02. The predicted octanol–water partition coefficient (Wildman–Crippen LogP) is 3.01. The van der Waals surface area contributed by atoms with Gasteiger partial charge in [0.15, 0.2) is 5.78 Å². The van der Waals surface area contributed by atoms with Crippen molar-refractivity contribution in [1.29, 1.82) is 0 Å². The minimum absolute atomic E-state index is 0.110. The Hall–Kier alpha value is -2.19. The fourth-order valence-corrected chi connectivity index (χ4v) is 2.96. The van der Waals surface area contributed by atoms with E-state index in [1.807, 2.05) is 12.1 Å². The number of ketones is 1. The lowest BCUT2D eigenvalue weighted by molar-refractivity contribution is -0.113. The van der Waals surface area contributed by atoms with Crippen LogP contribution in [-0.4, -0.2) is 19.4 Å². The molecule has 0 bridgehead atoms. The largest absolute Gasteiger partial charge is 0.313 e. The van der Waals surface area contributed by atoms with Gasteiger partial charge in [0.25, 0.3) is 0 Å². The van der Waals surface area contributed by atoms with Crippen LogP contribution in [-0.2, 0) is 17.6 Å². The first-order valence-electron chi connectivity index (χ1n) is 7.35. The average molecular weight is 277 g/mol. The minimum Gasteiger partial charge on any atom is -0.313 e. The van der Waals surface area contributed by atoms with Crippen molar-refractivity contribution in [2.45, 2.75) is 12.8 Å². The molecule has 0 atom stereocenters. The van der Waals surface area contributed by atoms with Crippen molar-refractivity contribution < 1.29 is 4.79 Å². The first kappa shape index (κ1) is 13.8. The quantitative estimate of drug-likeness (QED) is 0.874. The van der Waals surface area contributed by atoms with Gasteiger partial charge >= 0.3 is 0 Å². The van der Waals surface area contributed by atoms with Gasteiger partial charge in [0.2, 0.25) is 0 Å². The highest BCUT2D eigenvalue weighted by atomic mass is 16.1. The molecular weight excluding hydrogens is 258 g/mol. The summed E-state index contributed by atoms with van der Waals surface area (Å²) in [5, 5.41) is 2.93. The maximum atomic E-state index is 12.1. The van der Waals surface area contributed by atoms with Gasteiger partial charge in [0.05, 0.1) is 6.54 Å². The third-order valence-electron chi connectivity index (χ3n) is 3.94. The Morgan fingerprint density at radius 1 is 1.00 bits per heavy atom. The van der Waals surface area contributed by atoms with E-state index in [9.17, 15) is 4.79 Å². The summed E-state index contributed by atoms with van der Waals surface area (Å²) in [5.74, 6) is 0.110. The topological polar surface area (TPSA) is 29.1 Å². The number of carbonyl (C=O) groups excluding carboxylic acids is 1. The minimum atomic E-state index is 0.110. The van der Waals surface area contributed by atoms with Gasteiger partial charge in [0.1, 0.15) is 0 Å². The molecular formula is C19H19NO. The van der Waals surface area contributed by atoms with E-state index in [-0.39, 0.29) is 5.78 Å². The molecule has 0 fully saturated rings. The van der Waals surface area contributed by atoms with Gasteiger partial charge < -0.3 is 5.32 Å². The number of likely N-dealkylation sites (N-methyl/N-ethyl adjacent to an activating group) is 1.